The minimum absolute atomic E-state index is 0.268. The van der Waals surface area contributed by atoms with Crippen LogP contribution in [0.2, 0.25) is 15.1 Å². The maximum absolute atomic E-state index is 14.3. The third-order valence-corrected chi connectivity index (χ3v) is 7.42. The predicted octanol–water partition coefficient (Wildman–Crippen LogP) is 7.84. The summed E-state index contributed by atoms with van der Waals surface area (Å²) in [5, 5.41) is 5.10. The quantitative estimate of drug-likeness (QED) is 0.318. The number of hydrogen-bond acceptors (Lipinski definition) is 3. The van der Waals surface area contributed by atoms with Gasteiger partial charge in [-0.05, 0) is 73.3 Å². The zero-order valence-electron chi connectivity index (χ0n) is 19.8. The fourth-order valence-electron chi connectivity index (χ4n) is 4.37. The molecule has 4 rings (SSSR count). The lowest BCUT2D eigenvalue weighted by Crippen LogP contribution is -2.54. The van der Waals surface area contributed by atoms with Gasteiger partial charge >= 0.3 is 0 Å². The molecule has 0 amide bonds. The summed E-state index contributed by atoms with van der Waals surface area (Å²) < 4.78 is 27.4. The molecule has 0 radical (unpaired) electrons. The SMILES string of the molecule is CC(C)(F)c1ccc(COC2(c3ccc(Cl)cc3)CCNCC2OCc2ccc(Cl)c(Cl)c2)cc1. The van der Waals surface area contributed by atoms with Crippen molar-refractivity contribution in [3.63, 3.8) is 0 Å². The fourth-order valence-corrected chi connectivity index (χ4v) is 4.82. The van der Waals surface area contributed by atoms with Crippen molar-refractivity contribution in [1.82, 2.24) is 5.32 Å². The molecule has 1 N–H and O–H groups in total. The largest absolute Gasteiger partial charge is 0.369 e. The highest BCUT2D eigenvalue weighted by Crippen LogP contribution is 2.39. The van der Waals surface area contributed by atoms with Crippen LogP contribution in [-0.4, -0.2) is 19.2 Å². The fraction of sp³-hybridized carbons (Fsp3) is 0.357. The smallest absolute Gasteiger partial charge is 0.130 e. The Labute approximate surface area is 221 Å². The summed E-state index contributed by atoms with van der Waals surface area (Å²) in [7, 11) is 0. The van der Waals surface area contributed by atoms with E-state index in [9.17, 15) is 4.39 Å². The van der Waals surface area contributed by atoms with Crippen LogP contribution in [0, 0.1) is 0 Å². The topological polar surface area (TPSA) is 30.5 Å². The number of alkyl halides is 1. The van der Waals surface area contributed by atoms with Gasteiger partial charge < -0.3 is 14.8 Å². The molecule has 1 aliphatic rings. The van der Waals surface area contributed by atoms with Crippen molar-refractivity contribution in [2.24, 2.45) is 0 Å². The highest BCUT2D eigenvalue weighted by molar-refractivity contribution is 6.42. The monoisotopic (exact) mass is 535 g/mol. The molecule has 0 aromatic heterocycles. The summed E-state index contributed by atoms with van der Waals surface area (Å²) >= 11 is 18.5. The Bertz CT molecular complexity index is 1130. The molecule has 1 heterocycles. The van der Waals surface area contributed by atoms with Crippen molar-refractivity contribution in [2.45, 2.75) is 50.9 Å². The Hall–Kier alpha value is -1.66. The second-order valence-electron chi connectivity index (χ2n) is 9.36. The molecular formula is C28H29Cl3FNO2. The Morgan fingerprint density at radius 3 is 2.26 bits per heavy atom. The van der Waals surface area contributed by atoms with Gasteiger partial charge in [-0.15, -0.1) is 0 Å². The van der Waals surface area contributed by atoms with E-state index in [1.165, 1.54) is 0 Å². The summed E-state index contributed by atoms with van der Waals surface area (Å²) in [4.78, 5) is 0. The summed E-state index contributed by atoms with van der Waals surface area (Å²) in [6.07, 6.45) is 0.451. The lowest BCUT2D eigenvalue weighted by molar-refractivity contribution is -0.176. The van der Waals surface area contributed by atoms with Gasteiger partial charge in [0.05, 0.1) is 23.3 Å². The van der Waals surface area contributed by atoms with Crippen LogP contribution in [0.25, 0.3) is 0 Å². The number of piperidine rings is 1. The molecule has 0 bridgehead atoms. The second-order valence-corrected chi connectivity index (χ2v) is 10.6. The number of halogens is 4. The van der Waals surface area contributed by atoms with Gasteiger partial charge in [0, 0.05) is 11.6 Å². The van der Waals surface area contributed by atoms with Gasteiger partial charge in [-0.1, -0.05) is 77.3 Å². The molecular weight excluding hydrogens is 508 g/mol. The molecule has 1 fully saturated rings. The van der Waals surface area contributed by atoms with E-state index >= 15 is 0 Å². The van der Waals surface area contributed by atoms with Gasteiger partial charge in [0.25, 0.3) is 0 Å². The molecule has 3 aromatic carbocycles. The summed E-state index contributed by atoms with van der Waals surface area (Å²) in [6.45, 7) is 5.24. The van der Waals surface area contributed by atoms with Crippen molar-refractivity contribution < 1.29 is 13.9 Å². The first-order valence-corrected chi connectivity index (χ1v) is 12.8. The molecule has 3 nitrogen and oxygen atoms in total. The van der Waals surface area contributed by atoms with E-state index in [1.807, 2.05) is 60.7 Å². The highest BCUT2D eigenvalue weighted by Gasteiger charge is 2.44. The first-order valence-electron chi connectivity index (χ1n) is 11.6. The molecule has 2 atom stereocenters. The summed E-state index contributed by atoms with van der Waals surface area (Å²) in [5.41, 5.74) is 1.46. The molecule has 7 heteroatoms. The van der Waals surface area contributed by atoms with E-state index in [0.717, 1.165) is 29.7 Å². The van der Waals surface area contributed by atoms with Crippen molar-refractivity contribution in [1.29, 1.82) is 0 Å². The van der Waals surface area contributed by atoms with E-state index in [4.69, 9.17) is 44.3 Å². The van der Waals surface area contributed by atoms with Gasteiger partial charge in [0.1, 0.15) is 17.4 Å². The predicted molar refractivity (Wildman–Crippen MR) is 141 cm³/mol. The second kappa shape index (κ2) is 11.2. The average molecular weight is 537 g/mol. The maximum atomic E-state index is 14.3. The first-order chi connectivity index (χ1) is 16.7. The lowest BCUT2D eigenvalue weighted by Gasteiger charge is -2.44. The van der Waals surface area contributed by atoms with Crippen LogP contribution in [0.1, 0.15) is 42.5 Å². The van der Waals surface area contributed by atoms with Gasteiger partial charge in [0.15, 0.2) is 0 Å². The average Bonchev–Trinajstić information content (AvgIpc) is 2.84. The van der Waals surface area contributed by atoms with Crippen LogP contribution < -0.4 is 5.32 Å². The van der Waals surface area contributed by atoms with Gasteiger partial charge in [0.2, 0.25) is 0 Å². The number of ether oxygens (including phenoxy) is 2. The van der Waals surface area contributed by atoms with Gasteiger partial charge in [-0.2, -0.15) is 0 Å². The molecule has 0 aliphatic carbocycles. The summed E-state index contributed by atoms with van der Waals surface area (Å²) in [5.74, 6) is 0. The maximum Gasteiger partial charge on any atom is 0.130 e. The van der Waals surface area contributed by atoms with Crippen molar-refractivity contribution >= 4 is 34.8 Å². The normalized spacial score (nSPS) is 20.7. The third kappa shape index (κ3) is 6.37. The highest BCUT2D eigenvalue weighted by atomic mass is 35.5. The molecule has 35 heavy (non-hydrogen) atoms. The van der Waals surface area contributed by atoms with Crippen LogP contribution in [-0.2, 0) is 34.0 Å². The van der Waals surface area contributed by atoms with Crippen LogP contribution >= 0.6 is 34.8 Å². The van der Waals surface area contributed by atoms with Crippen LogP contribution in [0.3, 0.4) is 0 Å². The van der Waals surface area contributed by atoms with E-state index < -0.39 is 11.3 Å². The van der Waals surface area contributed by atoms with Crippen molar-refractivity contribution in [2.75, 3.05) is 13.1 Å². The Kier molecular flexibility index (Phi) is 8.42. The van der Waals surface area contributed by atoms with Crippen LogP contribution in [0.15, 0.2) is 66.7 Å². The molecule has 1 aliphatic heterocycles. The van der Waals surface area contributed by atoms with E-state index in [0.29, 0.717) is 40.4 Å². The zero-order valence-corrected chi connectivity index (χ0v) is 22.1. The number of hydrogen-bond donors (Lipinski definition) is 1. The van der Waals surface area contributed by atoms with Crippen LogP contribution in [0.4, 0.5) is 4.39 Å². The molecule has 0 saturated carbocycles. The zero-order chi connectivity index (χ0) is 25.1. The Morgan fingerprint density at radius 2 is 1.60 bits per heavy atom. The molecule has 1 saturated heterocycles. The van der Waals surface area contributed by atoms with Crippen molar-refractivity contribution in [3.05, 3.63) is 104 Å². The lowest BCUT2D eigenvalue weighted by atomic mass is 9.82. The van der Waals surface area contributed by atoms with Gasteiger partial charge in [-0.3, -0.25) is 0 Å². The standard InChI is InChI=1S/C28H29Cl3FNO2/c1-27(2,32)21-6-3-19(4-7-21)18-35-28(22-8-10-23(29)11-9-22)13-14-33-16-26(28)34-17-20-5-12-24(30)25(31)15-20/h3-12,15,26,33H,13-14,16-18H2,1-2H3. The van der Waals surface area contributed by atoms with Gasteiger partial charge in [-0.25, -0.2) is 4.39 Å². The Morgan fingerprint density at radius 1 is 0.914 bits per heavy atom. The molecule has 2 unspecified atom stereocenters. The molecule has 0 spiro atoms. The Balaban J connectivity index is 1.59. The van der Waals surface area contributed by atoms with Crippen molar-refractivity contribution in [3.8, 4) is 0 Å². The van der Waals surface area contributed by atoms with Crippen LogP contribution in [0.5, 0.6) is 0 Å². The molecule has 186 valence electrons. The van der Waals surface area contributed by atoms with E-state index in [1.54, 1.807) is 19.9 Å². The number of nitrogens with one attached hydrogen (secondary N) is 1. The molecule has 3 aromatic rings. The minimum atomic E-state index is -1.39. The first kappa shape index (κ1) is 26.4. The minimum Gasteiger partial charge on any atom is -0.369 e. The van der Waals surface area contributed by atoms with E-state index in [2.05, 4.69) is 5.32 Å². The number of rotatable bonds is 8. The summed E-state index contributed by atoms with van der Waals surface area (Å²) in [6, 6.07) is 20.7. The number of benzene rings is 3. The third-order valence-electron chi connectivity index (χ3n) is 6.43. The van der Waals surface area contributed by atoms with E-state index in [-0.39, 0.29) is 6.10 Å².